The summed E-state index contributed by atoms with van der Waals surface area (Å²) in [7, 11) is -2.77. The van der Waals surface area contributed by atoms with Crippen molar-refractivity contribution in [2.24, 2.45) is 4.99 Å². The van der Waals surface area contributed by atoms with Gasteiger partial charge in [-0.1, -0.05) is 17.3 Å². The highest BCUT2D eigenvalue weighted by molar-refractivity contribution is 7.92. The molecule has 41 heavy (non-hydrogen) atoms. The van der Waals surface area contributed by atoms with Crippen LogP contribution in [0.2, 0.25) is 0 Å². The van der Waals surface area contributed by atoms with Gasteiger partial charge in [0, 0.05) is 0 Å². The summed E-state index contributed by atoms with van der Waals surface area (Å²) >= 11 is 1.88. The van der Waals surface area contributed by atoms with E-state index >= 15 is 0 Å². The number of carbonyl (C=O) groups excluding carboxylic acids is 4. The number of sulfone groups is 1. The van der Waals surface area contributed by atoms with Crippen LogP contribution < -0.4 is 14.9 Å². The van der Waals surface area contributed by atoms with Crippen LogP contribution in [0.4, 0.5) is 5.00 Å². The minimum Gasteiger partial charge on any atom is -0.497 e. The van der Waals surface area contributed by atoms with E-state index in [1.807, 2.05) is 0 Å². The maximum Gasteiger partial charge on any atom is 0.348 e. The molecule has 3 aromatic rings. The molecule has 218 valence electrons. The quantitative estimate of drug-likeness (QED) is 0.251. The van der Waals surface area contributed by atoms with E-state index in [4.69, 9.17) is 20.6 Å². The predicted molar refractivity (Wildman–Crippen MR) is 154 cm³/mol. The number of hydrogen-bond donors (Lipinski definition) is 1. The van der Waals surface area contributed by atoms with Gasteiger partial charge in [0.1, 0.15) is 27.1 Å². The molecule has 1 aromatic carbocycles. The number of methoxy groups -OCH3 is 1. The summed E-state index contributed by atoms with van der Waals surface area (Å²) in [5, 5.41) is 2.28. The summed E-state index contributed by atoms with van der Waals surface area (Å²) < 4.78 is 43.0. The highest BCUT2D eigenvalue weighted by atomic mass is 32.2. The molecule has 0 bridgehead atoms. The van der Waals surface area contributed by atoms with E-state index in [1.165, 1.54) is 14.0 Å². The van der Waals surface area contributed by atoms with Gasteiger partial charge in [0.15, 0.2) is 14.6 Å². The zero-order chi connectivity index (χ0) is 30.3. The van der Waals surface area contributed by atoms with Gasteiger partial charge < -0.3 is 24.1 Å². The number of esters is 2. The molecule has 1 N–H and O–H groups in total. The van der Waals surface area contributed by atoms with E-state index in [0.717, 1.165) is 27.4 Å². The lowest BCUT2D eigenvalue weighted by atomic mass is 10.1. The molecule has 0 aliphatic heterocycles. The number of ether oxygens (including phenoxy) is 3. The number of amides is 2. The van der Waals surface area contributed by atoms with Crippen molar-refractivity contribution < 1.29 is 41.8 Å². The Morgan fingerprint density at radius 2 is 1.76 bits per heavy atom. The van der Waals surface area contributed by atoms with Crippen molar-refractivity contribution in [1.82, 2.24) is 4.57 Å². The van der Waals surface area contributed by atoms with Crippen LogP contribution in [0.1, 0.15) is 39.4 Å². The lowest BCUT2D eigenvalue weighted by molar-refractivity contribution is -0.115. The van der Waals surface area contributed by atoms with Crippen LogP contribution in [0.5, 0.6) is 5.75 Å². The highest BCUT2D eigenvalue weighted by Gasteiger charge is 2.29. The third-order valence-electron chi connectivity index (χ3n) is 5.39. The number of rotatable bonds is 11. The Balaban J connectivity index is 1.82. The van der Waals surface area contributed by atoms with Crippen LogP contribution in [-0.2, 0) is 35.4 Å². The monoisotopic (exact) mass is 621 g/mol. The maximum absolute atomic E-state index is 12.7. The number of nitrogens with one attached hydrogen (secondary N) is 1. The summed E-state index contributed by atoms with van der Waals surface area (Å²) in [6.07, 6.45) is 5.46. The average Bonchev–Trinajstić information content (AvgIpc) is 3.39. The Kier molecular flexibility index (Phi) is 10.4. The molecular formula is C26H27N3O9S3. The van der Waals surface area contributed by atoms with Crippen LogP contribution >= 0.6 is 22.7 Å². The van der Waals surface area contributed by atoms with E-state index in [0.29, 0.717) is 11.3 Å². The zero-order valence-corrected chi connectivity index (χ0v) is 25.1. The molecule has 0 aliphatic rings. The molecule has 0 spiro atoms. The molecule has 0 radical (unpaired) electrons. The molecular weight excluding hydrogens is 594 g/mol. The van der Waals surface area contributed by atoms with E-state index in [9.17, 15) is 27.6 Å². The Hall–Kier alpha value is -4.00. The predicted octanol–water partition coefficient (Wildman–Crippen LogP) is 2.55. The molecule has 2 aromatic heterocycles. The molecule has 2 heterocycles. The minimum atomic E-state index is -4.28. The standard InChI is InChI=1S/C26H27N3O9S3/c1-6-11-29-17-10-9-16(36-5)12-18(17)39-26(29)28-20(31)14-41(34,35)13-19(30)27-23-21(24(32)37-7-2)15(4)22(40-23)25(33)38-8-3/h1,9-10,12H,7-8,11,13-14H2,2-5H3,(H,27,30). The van der Waals surface area contributed by atoms with Gasteiger partial charge in [0.05, 0.1) is 42.6 Å². The van der Waals surface area contributed by atoms with Crippen molar-refractivity contribution in [1.29, 1.82) is 0 Å². The number of benzene rings is 1. The van der Waals surface area contributed by atoms with Crippen molar-refractivity contribution in [3.63, 3.8) is 0 Å². The van der Waals surface area contributed by atoms with Crippen molar-refractivity contribution in [3.8, 4) is 18.1 Å². The third kappa shape index (κ3) is 7.60. The zero-order valence-electron chi connectivity index (χ0n) is 22.6. The second-order valence-corrected chi connectivity index (χ2v) is 12.4. The number of hydrogen-bond acceptors (Lipinski definition) is 11. The SMILES string of the molecule is C#CCn1c(=NC(=O)CS(=O)(=O)CC(=O)Nc2sc(C(=O)OCC)c(C)c2C(=O)OCC)sc2cc(OC)ccc21. The Labute approximate surface area is 243 Å². The molecule has 0 saturated carbocycles. The van der Waals surface area contributed by atoms with Gasteiger partial charge in [0.25, 0.3) is 5.91 Å². The number of terminal acetylenes is 1. The smallest absolute Gasteiger partial charge is 0.348 e. The van der Waals surface area contributed by atoms with E-state index in [1.54, 1.807) is 36.6 Å². The summed E-state index contributed by atoms with van der Waals surface area (Å²) in [4.78, 5) is 54.4. The molecule has 15 heteroatoms. The first-order chi connectivity index (χ1) is 19.4. The summed E-state index contributed by atoms with van der Waals surface area (Å²) in [6, 6.07) is 5.20. The normalized spacial score (nSPS) is 11.6. The fraction of sp³-hybridized carbons (Fsp3) is 0.346. The fourth-order valence-electron chi connectivity index (χ4n) is 3.69. The molecule has 0 unspecified atom stereocenters. The lowest BCUT2D eigenvalue weighted by Gasteiger charge is -2.07. The minimum absolute atomic E-state index is 0.0327. The Bertz CT molecular complexity index is 1720. The Morgan fingerprint density at radius 1 is 1.07 bits per heavy atom. The van der Waals surface area contributed by atoms with Crippen molar-refractivity contribution in [2.45, 2.75) is 27.3 Å². The first-order valence-corrected chi connectivity index (χ1v) is 15.6. The number of carbonyl (C=O) groups is 4. The molecule has 2 amide bonds. The average molecular weight is 622 g/mol. The fourth-order valence-corrected chi connectivity index (χ4v) is 6.89. The van der Waals surface area contributed by atoms with Gasteiger partial charge in [-0.05, 0) is 44.5 Å². The number of anilines is 1. The summed E-state index contributed by atoms with van der Waals surface area (Å²) in [5.41, 5.74) is 0.824. The third-order valence-corrected chi connectivity index (χ3v) is 9.01. The number of fused-ring (bicyclic) bond motifs is 1. The first-order valence-electron chi connectivity index (χ1n) is 12.1. The van der Waals surface area contributed by atoms with Crippen LogP contribution in [0.3, 0.4) is 0 Å². The van der Waals surface area contributed by atoms with E-state index < -0.39 is 45.1 Å². The van der Waals surface area contributed by atoms with Gasteiger partial charge in [-0.15, -0.1) is 17.8 Å². The van der Waals surface area contributed by atoms with Gasteiger partial charge in [-0.3, -0.25) is 9.59 Å². The molecule has 0 saturated heterocycles. The van der Waals surface area contributed by atoms with Gasteiger partial charge >= 0.3 is 11.9 Å². The molecule has 0 aliphatic carbocycles. The number of thiazole rings is 1. The number of aromatic nitrogens is 1. The molecule has 0 fully saturated rings. The van der Waals surface area contributed by atoms with Crippen molar-refractivity contribution >= 4 is 71.5 Å². The number of thiophene rings is 1. The van der Waals surface area contributed by atoms with E-state index in [2.05, 4.69) is 16.2 Å². The topological polar surface area (TPSA) is 159 Å². The van der Waals surface area contributed by atoms with Gasteiger partial charge in [0.2, 0.25) is 5.91 Å². The molecule has 0 atom stereocenters. The summed E-state index contributed by atoms with van der Waals surface area (Å²) in [5.74, 6) is -2.58. The first kappa shape index (κ1) is 31.5. The van der Waals surface area contributed by atoms with Crippen LogP contribution in [-0.4, -0.2) is 68.6 Å². The second kappa shape index (κ2) is 13.6. The Morgan fingerprint density at radius 3 is 2.39 bits per heavy atom. The molecule has 12 nitrogen and oxygen atoms in total. The lowest BCUT2D eigenvalue weighted by Crippen LogP contribution is -2.28. The van der Waals surface area contributed by atoms with Crippen LogP contribution in [0, 0.1) is 19.3 Å². The van der Waals surface area contributed by atoms with Crippen molar-refractivity contribution in [3.05, 3.63) is 39.0 Å². The van der Waals surface area contributed by atoms with Crippen LogP contribution in [0.25, 0.3) is 10.2 Å². The van der Waals surface area contributed by atoms with Crippen molar-refractivity contribution in [2.75, 3.05) is 37.1 Å². The number of nitrogens with zero attached hydrogens (tertiary/aromatic N) is 2. The molecule has 3 rings (SSSR count). The highest BCUT2D eigenvalue weighted by Crippen LogP contribution is 2.34. The van der Waals surface area contributed by atoms with Gasteiger partial charge in [-0.25, -0.2) is 18.0 Å². The van der Waals surface area contributed by atoms with E-state index in [-0.39, 0.29) is 45.6 Å². The maximum atomic E-state index is 12.7. The largest absolute Gasteiger partial charge is 0.497 e. The van der Waals surface area contributed by atoms with Crippen LogP contribution in [0.15, 0.2) is 23.2 Å². The summed E-state index contributed by atoms with van der Waals surface area (Å²) in [6.45, 7) is 4.89. The second-order valence-electron chi connectivity index (χ2n) is 8.30. The van der Waals surface area contributed by atoms with Gasteiger partial charge in [-0.2, -0.15) is 4.99 Å².